The molecule has 0 aliphatic rings. The van der Waals surface area contributed by atoms with Gasteiger partial charge in [0.05, 0.1) is 10.0 Å². The van der Waals surface area contributed by atoms with Crippen LogP contribution in [-0.4, -0.2) is 49.4 Å². The molecule has 0 aliphatic carbocycles. The number of halogens is 2. The van der Waals surface area contributed by atoms with Gasteiger partial charge in [0.15, 0.2) is 0 Å². The van der Waals surface area contributed by atoms with E-state index in [0.717, 1.165) is 5.56 Å². The van der Waals surface area contributed by atoms with Crippen LogP contribution < -0.4 is 5.32 Å². The maximum Gasteiger partial charge on any atom is 0.317 e. The fraction of sp³-hybridized carbons (Fsp3) is 0.429. The molecule has 0 aliphatic heterocycles. The van der Waals surface area contributed by atoms with Gasteiger partial charge in [-0.15, -0.1) is 0 Å². The van der Waals surface area contributed by atoms with Crippen LogP contribution in [0, 0.1) is 0 Å². The number of nitrogens with zero attached hydrogens (tertiary/aromatic N) is 2. The Balaban J connectivity index is 2.44. The number of nitrogens with one attached hydrogen (secondary N) is 1. The zero-order valence-electron chi connectivity index (χ0n) is 12.3. The summed E-state index contributed by atoms with van der Waals surface area (Å²) < 4.78 is 0. The number of amides is 3. The Morgan fingerprint density at radius 1 is 1.14 bits per heavy atom. The highest BCUT2D eigenvalue weighted by molar-refractivity contribution is 6.42. The van der Waals surface area contributed by atoms with Gasteiger partial charge >= 0.3 is 6.03 Å². The lowest BCUT2D eigenvalue weighted by molar-refractivity contribution is -0.128. The van der Waals surface area contributed by atoms with Crippen LogP contribution in [0.4, 0.5) is 4.79 Å². The molecule has 3 amide bonds. The first-order valence-electron chi connectivity index (χ1n) is 6.44. The number of carbonyl (C=O) groups is 2. The van der Waals surface area contributed by atoms with Gasteiger partial charge in [-0.1, -0.05) is 29.3 Å². The van der Waals surface area contributed by atoms with E-state index in [4.69, 9.17) is 23.2 Å². The van der Waals surface area contributed by atoms with E-state index in [2.05, 4.69) is 5.32 Å². The lowest BCUT2D eigenvalue weighted by Gasteiger charge is -2.18. The van der Waals surface area contributed by atoms with Gasteiger partial charge in [-0.3, -0.25) is 4.79 Å². The highest BCUT2D eigenvalue weighted by atomic mass is 35.5. The van der Waals surface area contributed by atoms with Crippen LogP contribution in [0.3, 0.4) is 0 Å². The summed E-state index contributed by atoms with van der Waals surface area (Å²) in [6.45, 7) is 0.714. The van der Waals surface area contributed by atoms with Crippen molar-refractivity contribution in [2.45, 2.75) is 13.0 Å². The number of hydrogen-bond donors (Lipinski definition) is 1. The molecule has 116 valence electrons. The van der Waals surface area contributed by atoms with Crippen molar-refractivity contribution in [3.05, 3.63) is 33.8 Å². The SMILES string of the molecule is CN(C)C(=O)CCNC(=O)N(C)Cc1ccc(Cl)c(Cl)c1. The van der Waals surface area contributed by atoms with Crippen LogP contribution in [0.15, 0.2) is 18.2 Å². The minimum atomic E-state index is -0.243. The van der Waals surface area contributed by atoms with Crippen molar-refractivity contribution in [2.75, 3.05) is 27.7 Å². The van der Waals surface area contributed by atoms with Crippen LogP contribution in [0.5, 0.6) is 0 Å². The summed E-state index contributed by atoms with van der Waals surface area (Å²) >= 11 is 11.8. The largest absolute Gasteiger partial charge is 0.349 e. The third kappa shape index (κ3) is 5.81. The Labute approximate surface area is 134 Å². The van der Waals surface area contributed by atoms with Gasteiger partial charge in [0.1, 0.15) is 0 Å². The Kier molecular flexibility index (Phi) is 6.78. The Hall–Kier alpha value is -1.46. The van der Waals surface area contributed by atoms with Gasteiger partial charge in [-0.25, -0.2) is 4.79 Å². The molecule has 5 nitrogen and oxygen atoms in total. The van der Waals surface area contributed by atoms with Gasteiger partial charge in [0.2, 0.25) is 5.91 Å². The number of rotatable bonds is 5. The van der Waals surface area contributed by atoms with Gasteiger partial charge in [0, 0.05) is 40.7 Å². The summed E-state index contributed by atoms with van der Waals surface area (Å²) in [5, 5.41) is 3.63. The van der Waals surface area contributed by atoms with Gasteiger partial charge in [-0.2, -0.15) is 0 Å². The molecule has 0 heterocycles. The Morgan fingerprint density at radius 3 is 2.38 bits per heavy atom. The predicted octanol–water partition coefficient (Wildman–Crippen LogP) is 2.61. The second-order valence-corrected chi connectivity index (χ2v) is 5.69. The monoisotopic (exact) mass is 331 g/mol. The predicted molar refractivity (Wildman–Crippen MR) is 84.6 cm³/mol. The van der Waals surface area contributed by atoms with Crippen molar-refractivity contribution in [1.29, 1.82) is 0 Å². The van der Waals surface area contributed by atoms with E-state index in [1.165, 1.54) is 9.80 Å². The first kappa shape index (κ1) is 17.6. The molecule has 1 rings (SSSR count). The molecule has 0 atom stereocenters. The highest BCUT2D eigenvalue weighted by Gasteiger charge is 2.11. The fourth-order valence-electron chi connectivity index (χ4n) is 1.62. The molecule has 1 aromatic rings. The van der Waals surface area contributed by atoms with E-state index < -0.39 is 0 Å². The maximum atomic E-state index is 11.9. The molecular weight excluding hydrogens is 313 g/mol. The average Bonchev–Trinajstić information content (AvgIpc) is 2.42. The summed E-state index contributed by atoms with van der Waals surface area (Å²) in [5.41, 5.74) is 0.881. The number of carbonyl (C=O) groups excluding carboxylic acids is 2. The first-order chi connectivity index (χ1) is 9.81. The van der Waals surface area contributed by atoms with E-state index in [0.29, 0.717) is 23.1 Å². The molecule has 0 fully saturated rings. The van der Waals surface area contributed by atoms with E-state index in [-0.39, 0.29) is 18.4 Å². The quantitative estimate of drug-likeness (QED) is 0.901. The molecule has 0 aromatic heterocycles. The van der Waals surface area contributed by atoms with Crippen LogP contribution in [-0.2, 0) is 11.3 Å². The van der Waals surface area contributed by atoms with Gasteiger partial charge in [-0.05, 0) is 17.7 Å². The van der Waals surface area contributed by atoms with E-state index in [9.17, 15) is 9.59 Å². The number of hydrogen-bond acceptors (Lipinski definition) is 2. The van der Waals surface area contributed by atoms with Crippen molar-refractivity contribution >= 4 is 35.1 Å². The second-order valence-electron chi connectivity index (χ2n) is 4.87. The van der Waals surface area contributed by atoms with Crippen LogP contribution >= 0.6 is 23.2 Å². The normalized spacial score (nSPS) is 10.1. The van der Waals surface area contributed by atoms with Crippen LogP contribution in [0.25, 0.3) is 0 Å². The third-order valence-electron chi connectivity index (χ3n) is 2.86. The van der Waals surface area contributed by atoms with Crippen molar-refractivity contribution in [3.8, 4) is 0 Å². The zero-order valence-corrected chi connectivity index (χ0v) is 13.8. The highest BCUT2D eigenvalue weighted by Crippen LogP contribution is 2.23. The number of benzene rings is 1. The first-order valence-corrected chi connectivity index (χ1v) is 7.20. The van der Waals surface area contributed by atoms with E-state index in [1.54, 1.807) is 33.3 Å². The molecule has 1 N–H and O–H groups in total. The summed E-state index contributed by atoms with van der Waals surface area (Å²) in [6.07, 6.45) is 0.277. The smallest absolute Gasteiger partial charge is 0.317 e. The van der Waals surface area contributed by atoms with E-state index in [1.807, 2.05) is 6.07 Å². The van der Waals surface area contributed by atoms with Gasteiger partial charge in [0.25, 0.3) is 0 Å². The van der Waals surface area contributed by atoms with Crippen LogP contribution in [0.1, 0.15) is 12.0 Å². The lowest BCUT2D eigenvalue weighted by atomic mass is 10.2. The summed E-state index contributed by atoms with van der Waals surface area (Å²) in [5.74, 6) is -0.0255. The summed E-state index contributed by atoms with van der Waals surface area (Å²) in [7, 11) is 5.03. The van der Waals surface area contributed by atoms with E-state index >= 15 is 0 Å². The minimum absolute atomic E-state index is 0.0255. The molecule has 7 heteroatoms. The Bertz CT molecular complexity index is 521. The van der Waals surface area contributed by atoms with Gasteiger partial charge < -0.3 is 15.1 Å². The molecule has 0 bridgehead atoms. The van der Waals surface area contributed by atoms with Crippen molar-refractivity contribution in [1.82, 2.24) is 15.1 Å². The molecule has 0 saturated heterocycles. The molecule has 21 heavy (non-hydrogen) atoms. The third-order valence-corrected chi connectivity index (χ3v) is 3.60. The van der Waals surface area contributed by atoms with Crippen molar-refractivity contribution < 1.29 is 9.59 Å². The molecule has 1 aromatic carbocycles. The maximum absolute atomic E-state index is 11.9. The second kappa shape index (κ2) is 8.10. The molecule has 0 saturated carbocycles. The topological polar surface area (TPSA) is 52.7 Å². The molecule has 0 spiro atoms. The van der Waals surface area contributed by atoms with Crippen molar-refractivity contribution in [2.24, 2.45) is 0 Å². The zero-order chi connectivity index (χ0) is 16.0. The Morgan fingerprint density at radius 2 is 1.81 bits per heavy atom. The van der Waals surface area contributed by atoms with Crippen LogP contribution in [0.2, 0.25) is 10.0 Å². The molecular formula is C14H19Cl2N3O2. The summed E-state index contributed by atoms with van der Waals surface area (Å²) in [6, 6.07) is 4.99. The lowest BCUT2D eigenvalue weighted by Crippen LogP contribution is -2.38. The number of urea groups is 1. The van der Waals surface area contributed by atoms with Crippen molar-refractivity contribution in [3.63, 3.8) is 0 Å². The molecule has 0 unspecified atom stereocenters. The average molecular weight is 332 g/mol. The summed E-state index contributed by atoms with van der Waals surface area (Å²) in [4.78, 5) is 26.3. The standard InChI is InChI=1S/C14H19Cl2N3O2/c1-18(2)13(20)6-7-17-14(21)19(3)9-10-4-5-11(15)12(16)8-10/h4-5,8H,6-7,9H2,1-3H3,(H,17,21). The molecule has 0 radical (unpaired) electrons. The fourth-order valence-corrected chi connectivity index (χ4v) is 1.94. The minimum Gasteiger partial charge on any atom is -0.349 e.